The smallest absolute Gasteiger partial charge is 0.317 e. The van der Waals surface area contributed by atoms with Gasteiger partial charge in [0.1, 0.15) is 12.1 Å². The molecule has 2 unspecified atom stereocenters. The molecule has 0 aliphatic carbocycles. The van der Waals surface area contributed by atoms with Gasteiger partial charge in [-0.15, -0.1) is 8.57 Å². The maximum atomic E-state index is 13.0. The van der Waals surface area contributed by atoms with E-state index in [1.54, 1.807) is 36.9 Å². The topological polar surface area (TPSA) is 125 Å². The Kier molecular flexibility index (Phi) is 5.05. The van der Waals surface area contributed by atoms with E-state index in [0.717, 1.165) is 32.4 Å². The number of pyridine rings is 2. The monoisotopic (exact) mass is 496 g/mol. The number of aromatic nitrogens is 2. The number of carbonyl (C=O) groups is 2. The molecule has 2 aromatic rings. The first-order valence-corrected chi connectivity index (χ1v) is 12.3. The van der Waals surface area contributed by atoms with Gasteiger partial charge in [0.2, 0.25) is 0 Å². The van der Waals surface area contributed by atoms with Crippen molar-refractivity contribution in [3.05, 3.63) is 72.3 Å². The number of hydrogen-bond donors (Lipinski definition) is 0. The standard InChI is InChI=1S/C22H20N6O6S/c29-21-25-9-5-17(15-3-1-7-23-11-15)19(13-25)27(21)33-35(31,32)34-28-20-14-26(22(28)30)10-6-18(20)16-4-2-8-24-12-16/h1-8,11-12,19-20H,9-10,13-14H2. The van der Waals surface area contributed by atoms with Gasteiger partial charge in [-0.1, -0.05) is 24.3 Å². The van der Waals surface area contributed by atoms with Crippen molar-refractivity contribution in [2.24, 2.45) is 0 Å². The Labute approximate surface area is 200 Å². The van der Waals surface area contributed by atoms with Crippen molar-refractivity contribution < 1.29 is 26.6 Å². The van der Waals surface area contributed by atoms with E-state index < -0.39 is 34.5 Å². The van der Waals surface area contributed by atoms with Crippen LogP contribution in [0.1, 0.15) is 11.1 Å². The van der Waals surface area contributed by atoms with Crippen LogP contribution in [-0.4, -0.2) is 88.6 Å². The third-order valence-corrected chi connectivity index (χ3v) is 7.07. The number of urea groups is 2. The fraction of sp³-hybridized carbons (Fsp3) is 0.273. The van der Waals surface area contributed by atoms with Crippen molar-refractivity contribution in [2.45, 2.75) is 12.1 Å². The number of rotatable bonds is 6. The normalized spacial score (nSPS) is 23.7. The predicted molar refractivity (Wildman–Crippen MR) is 121 cm³/mol. The highest BCUT2D eigenvalue weighted by Crippen LogP contribution is 2.35. The average molecular weight is 497 g/mol. The molecule has 0 saturated carbocycles. The second-order valence-electron chi connectivity index (χ2n) is 8.42. The molecule has 2 aromatic heterocycles. The molecule has 2 saturated heterocycles. The Hall–Kier alpha value is -3.81. The van der Waals surface area contributed by atoms with Gasteiger partial charge in [-0.05, 0) is 34.4 Å². The van der Waals surface area contributed by atoms with Gasteiger partial charge in [0.15, 0.2) is 0 Å². The zero-order valence-corrected chi connectivity index (χ0v) is 19.1. The van der Waals surface area contributed by atoms with Gasteiger partial charge in [-0.25, -0.2) is 9.59 Å². The maximum Gasteiger partial charge on any atom is 0.442 e. The van der Waals surface area contributed by atoms with Gasteiger partial charge < -0.3 is 9.80 Å². The molecule has 4 aliphatic rings. The molecular weight excluding hydrogens is 476 g/mol. The van der Waals surface area contributed by atoms with E-state index in [1.165, 1.54) is 9.80 Å². The summed E-state index contributed by atoms with van der Waals surface area (Å²) in [6.07, 6.45) is 10.2. The molecule has 0 aromatic carbocycles. The van der Waals surface area contributed by atoms with E-state index >= 15 is 0 Å². The van der Waals surface area contributed by atoms with Crippen LogP contribution < -0.4 is 0 Å². The van der Waals surface area contributed by atoms with Gasteiger partial charge in [0, 0.05) is 37.9 Å². The number of hydroxylamine groups is 4. The second kappa shape index (κ2) is 8.15. The van der Waals surface area contributed by atoms with Crippen LogP contribution in [0.25, 0.3) is 11.1 Å². The second-order valence-corrected chi connectivity index (χ2v) is 9.53. The minimum Gasteiger partial charge on any atom is -0.317 e. The summed E-state index contributed by atoms with van der Waals surface area (Å²) in [6, 6.07) is 4.58. The molecule has 12 nitrogen and oxygen atoms in total. The van der Waals surface area contributed by atoms with Crippen molar-refractivity contribution >= 4 is 33.6 Å². The van der Waals surface area contributed by atoms with Gasteiger partial charge in [0.05, 0.1) is 13.1 Å². The number of fused-ring (bicyclic) bond motifs is 4. The maximum absolute atomic E-state index is 13.0. The van der Waals surface area contributed by atoms with E-state index in [4.69, 9.17) is 8.57 Å². The minimum atomic E-state index is -4.83. The number of amides is 4. The number of hydrogen-bond acceptors (Lipinski definition) is 8. The summed E-state index contributed by atoms with van der Waals surface area (Å²) >= 11 is 0. The first-order chi connectivity index (χ1) is 16.9. The molecular formula is C22H20N6O6S. The third-order valence-electron chi connectivity index (χ3n) is 6.38. The molecule has 4 amide bonds. The lowest BCUT2D eigenvalue weighted by Gasteiger charge is -2.26. The molecule has 180 valence electrons. The lowest BCUT2D eigenvalue weighted by Crippen LogP contribution is -2.41. The quantitative estimate of drug-likeness (QED) is 0.586. The van der Waals surface area contributed by atoms with Crippen molar-refractivity contribution in [2.75, 3.05) is 26.2 Å². The van der Waals surface area contributed by atoms with E-state index in [9.17, 15) is 18.0 Å². The third kappa shape index (κ3) is 3.73. The molecule has 0 radical (unpaired) electrons. The highest BCUT2D eigenvalue weighted by molar-refractivity contribution is 7.81. The Morgan fingerprint density at radius 3 is 1.63 bits per heavy atom. The molecule has 0 spiro atoms. The van der Waals surface area contributed by atoms with Crippen LogP contribution >= 0.6 is 0 Å². The van der Waals surface area contributed by atoms with Crippen molar-refractivity contribution in [3.63, 3.8) is 0 Å². The van der Waals surface area contributed by atoms with Crippen LogP contribution in [-0.2, 0) is 19.0 Å². The molecule has 6 heterocycles. The molecule has 2 atom stereocenters. The molecule has 0 N–H and O–H groups in total. The van der Waals surface area contributed by atoms with Crippen LogP contribution in [0.4, 0.5) is 9.59 Å². The summed E-state index contributed by atoms with van der Waals surface area (Å²) < 4.78 is 36.3. The zero-order valence-electron chi connectivity index (χ0n) is 18.3. The molecule has 13 heteroatoms. The molecule has 2 fully saturated rings. The van der Waals surface area contributed by atoms with Gasteiger partial charge in [-0.3, -0.25) is 9.97 Å². The largest absolute Gasteiger partial charge is 0.442 e. The molecule has 6 rings (SSSR count). The van der Waals surface area contributed by atoms with E-state index in [1.807, 2.05) is 24.3 Å². The predicted octanol–water partition coefficient (Wildman–Crippen LogP) is 1.29. The summed E-state index contributed by atoms with van der Waals surface area (Å²) in [4.78, 5) is 36.8. The fourth-order valence-corrected chi connectivity index (χ4v) is 5.53. The SMILES string of the molecule is O=C1N2CC=C(c3cccnc3)C(C2)N1OS(=O)(=O)ON1C(=O)N2CC=C(c3cccnc3)C1C2. The molecule has 4 bridgehead atoms. The molecule has 35 heavy (non-hydrogen) atoms. The Balaban J connectivity index is 1.24. The Morgan fingerprint density at radius 2 is 1.23 bits per heavy atom. The summed E-state index contributed by atoms with van der Waals surface area (Å²) in [7, 11) is -4.83. The van der Waals surface area contributed by atoms with E-state index in [-0.39, 0.29) is 13.1 Å². The van der Waals surface area contributed by atoms with Crippen LogP contribution in [0.5, 0.6) is 0 Å². The fourth-order valence-electron chi connectivity index (χ4n) is 4.78. The first-order valence-electron chi connectivity index (χ1n) is 10.9. The van der Waals surface area contributed by atoms with Crippen molar-refractivity contribution in [1.29, 1.82) is 0 Å². The van der Waals surface area contributed by atoms with Crippen molar-refractivity contribution in [3.8, 4) is 0 Å². The lowest BCUT2D eigenvalue weighted by atomic mass is 9.98. The van der Waals surface area contributed by atoms with Crippen LogP contribution in [0.15, 0.2) is 61.2 Å². The first kappa shape index (κ1) is 21.7. The van der Waals surface area contributed by atoms with Gasteiger partial charge >= 0.3 is 22.5 Å². The summed E-state index contributed by atoms with van der Waals surface area (Å²) in [5, 5.41) is 1.57. The van der Waals surface area contributed by atoms with Gasteiger partial charge in [-0.2, -0.15) is 18.5 Å². The Morgan fingerprint density at radius 1 is 0.771 bits per heavy atom. The molecule has 4 aliphatic heterocycles. The Bertz CT molecular complexity index is 1250. The van der Waals surface area contributed by atoms with Crippen LogP contribution in [0.2, 0.25) is 0 Å². The number of nitrogens with zero attached hydrogens (tertiary/aromatic N) is 6. The highest BCUT2D eigenvalue weighted by atomic mass is 32.3. The van der Waals surface area contributed by atoms with Crippen LogP contribution in [0.3, 0.4) is 0 Å². The lowest BCUT2D eigenvalue weighted by molar-refractivity contribution is -0.0702. The van der Waals surface area contributed by atoms with E-state index in [0.29, 0.717) is 13.1 Å². The van der Waals surface area contributed by atoms with E-state index in [2.05, 4.69) is 9.97 Å². The zero-order chi connectivity index (χ0) is 24.2. The summed E-state index contributed by atoms with van der Waals surface area (Å²) in [5.41, 5.74) is 2.94. The number of carbonyl (C=O) groups excluding carboxylic acids is 2. The summed E-state index contributed by atoms with van der Waals surface area (Å²) in [5.74, 6) is 0. The minimum absolute atomic E-state index is 0.252. The summed E-state index contributed by atoms with van der Waals surface area (Å²) in [6.45, 7) is 1.12. The average Bonchev–Trinajstić information content (AvgIpc) is 3.25. The van der Waals surface area contributed by atoms with Crippen molar-refractivity contribution in [1.82, 2.24) is 29.9 Å². The van der Waals surface area contributed by atoms with Gasteiger partial charge in [0.25, 0.3) is 0 Å². The van der Waals surface area contributed by atoms with Crippen LogP contribution in [0, 0.1) is 0 Å². The highest BCUT2D eigenvalue weighted by Gasteiger charge is 2.49.